The van der Waals surface area contributed by atoms with Crippen molar-refractivity contribution >= 4 is 16.7 Å². The molecular formula is C14H12N4O3. The smallest absolute Gasteiger partial charge is 0.313 e. The van der Waals surface area contributed by atoms with Crippen LogP contribution in [0.25, 0.3) is 16.7 Å². The van der Waals surface area contributed by atoms with Crippen molar-refractivity contribution in [2.24, 2.45) is 0 Å². The minimum Gasteiger partial charge on any atom is -0.489 e. The molecule has 0 N–H and O–H groups in total. The van der Waals surface area contributed by atoms with E-state index in [0.717, 1.165) is 5.56 Å². The third kappa shape index (κ3) is 2.18. The molecule has 0 aliphatic rings. The van der Waals surface area contributed by atoms with Gasteiger partial charge in [-0.1, -0.05) is 12.1 Å². The molecule has 7 heteroatoms. The second-order valence-electron chi connectivity index (χ2n) is 4.57. The van der Waals surface area contributed by atoms with E-state index in [1.165, 1.54) is 18.0 Å². The fourth-order valence-electron chi connectivity index (χ4n) is 2.20. The van der Waals surface area contributed by atoms with Crippen molar-refractivity contribution in [1.82, 2.24) is 15.0 Å². The topological polar surface area (TPSA) is 83.1 Å². The number of aryl methyl sites for hydroxylation is 1. The summed E-state index contributed by atoms with van der Waals surface area (Å²) in [4.78, 5) is 12.1. The second-order valence-corrected chi connectivity index (χ2v) is 4.57. The lowest BCUT2D eigenvalue weighted by Gasteiger charge is -2.08. The molecule has 0 unspecified atom stereocenters. The second kappa shape index (κ2) is 4.86. The Labute approximate surface area is 119 Å². The first-order chi connectivity index (χ1) is 10.1. The third-order valence-electron chi connectivity index (χ3n) is 3.10. The average Bonchev–Trinajstić information content (AvgIpc) is 2.90. The number of aromatic nitrogens is 3. The van der Waals surface area contributed by atoms with Gasteiger partial charge < -0.3 is 4.74 Å². The molecule has 3 aromatic rings. The van der Waals surface area contributed by atoms with Crippen LogP contribution in [-0.4, -0.2) is 27.0 Å². The van der Waals surface area contributed by atoms with Crippen LogP contribution in [-0.2, 0) is 0 Å². The lowest BCUT2D eigenvalue weighted by atomic mass is 10.2. The summed E-state index contributed by atoms with van der Waals surface area (Å²) in [6, 6.07) is 10.6. The van der Waals surface area contributed by atoms with Gasteiger partial charge in [-0.15, -0.1) is 15.0 Å². The van der Waals surface area contributed by atoms with Crippen molar-refractivity contribution in [3.8, 4) is 11.4 Å². The number of ether oxygens (including phenoxy) is 1. The Balaban J connectivity index is 2.27. The van der Waals surface area contributed by atoms with Gasteiger partial charge in [0.15, 0.2) is 0 Å². The first kappa shape index (κ1) is 13.0. The van der Waals surface area contributed by atoms with E-state index in [-0.39, 0.29) is 11.4 Å². The van der Waals surface area contributed by atoms with E-state index >= 15 is 0 Å². The van der Waals surface area contributed by atoms with Gasteiger partial charge in [0.25, 0.3) is 0 Å². The molecule has 0 spiro atoms. The van der Waals surface area contributed by atoms with Gasteiger partial charge in [0.2, 0.25) is 5.75 Å². The molecule has 0 amide bonds. The molecule has 0 saturated heterocycles. The minimum atomic E-state index is -0.474. The Hall–Kier alpha value is -2.96. The van der Waals surface area contributed by atoms with Gasteiger partial charge in [0.1, 0.15) is 16.7 Å². The number of nitrogens with zero attached hydrogens (tertiary/aromatic N) is 4. The van der Waals surface area contributed by atoms with E-state index in [4.69, 9.17) is 4.74 Å². The van der Waals surface area contributed by atoms with Crippen molar-refractivity contribution in [1.29, 1.82) is 0 Å². The molecule has 0 saturated carbocycles. The maximum Gasteiger partial charge on any atom is 0.313 e. The largest absolute Gasteiger partial charge is 0.489 e. The molecular weight excluding hydrogens is 272 g/mol. The molecule has 0 atom stereocenters. The summed E-state index contributed by atoms with van der Waals surface area (Å²) >= 11 is 0. The van der Waals surface area contributed by atoms with Gasteiger partial charge in [-0.05, 0) is 30.7 Å². The molecule has 3 rings (SSSR count). The summed E-state index contributed by atoms with van der Waals surface area (Å²) in [5, 5.41) is 19.8. The number of benzene rings is 2. The van der Waals surface area contributed by atoms with Crippen molar-refractivity contribution in [3.63, 3.8) is 0 Å². The van der Waals surface area contributed by atoms with Crippen LogP contribution in [0.15, 0.2) is 36.4 Å². The molecule has 2 aromatic carbocycles. The Kier molecular flexibility index (Phi) is 3.02. The monoisotopic (exact) mass is 284 g/mol. The molecule has 7 nitrogen and oxygen atoms in total. The number of hydrogen-bond donors (Lipinski definition) is 0. The number of hydrogen-bond acceptors (Lipinski definition) is 5. The first-order valence-corrected chi connectivity index (χ1v) is 6.25. The molecule has 0 aliphatic carbocycles. The van der Waals surface area contributed by atoms with E-state index in [1.807, 2.05) is 24.3 Å². The standard InChI is InChI=1S/C14H12N4O3/c1-9-7-12(14(21-2)13(8-9)18(19)20)17-15-10-5-3-4-6-11(10)16-17/h3-8H,1-2H3. The molecule has 1 aromatic heterocycles. The van der Waals surface area contributed by atoms with Crippen LogP contribution in [0.1, 0.15) is 5.56 Å². The highest BCUT2D eigenvalue weighted by atomic mass is 16.6. The fourth-order valence-corrected chi connectivity index (χ4v) is 2.20. The number of fused-ring (bicyclic) bond motifs is 1. The summed E-state index contributed by atoms with van der Waals surface area (Å²) in [5.41, 5.74) is 2.50. The molecule has 0 radical (unpaired) electrons. The Morgan fingerprint density at radius 1 is 1.19 bits per heavy atom. The molecule has 0 aliphatic heterocycles. The van der Waals surface area contributed by atoms with Crippen molar-refractivity contribution in [2.45, 2.75) is 6.92 Å². The highest BCUT2D eigenvalue weighted by Crippen LogP contribution is 2.34. The predicted molar refractivity (Wildman–Crippen MR) is 76.8 cm³/mol. The van der Waals surface area contributed by atoms with Gasteiger partial charge in [0.05, 0.1) is 12.0 Å². The molecule has 0 bridgehead atoms. The predicted octanol–water partition coefficient (Wildman–Crippen LogP) is 2.65. The van der Waals surface area contributed by atoms with Crippen LogP contribution in [0.4, 0.5) is 5.69 Å². The third-order valence-corrected chi connectivity index (χ3v) is 3.10. The number of nitro benzene ring substituents is 1. The summed E-state index contributed by atoms with van der Waals surface area (Å²) in [6.07, 6.45) is 0. The highest BCUT2D eigenvalue weighted by Gasteiger charge is 2.22. The number of nitro groups is 1. The van der Waals surface area contributed by atoms with E-state index in [1.54, 1.807) is 13.0 Å². The SMILES string of the molecule is COc1c(-n2nc3ccccc3n2)cc(C)cc1[N+](=O)[O-]. The van der Waals surface area contributed by atoms with Gasteiger partial charge in [-0.25, -0.2) is 0 Å². The zero-order valence-corrected chi connectivity index (χ0v) is 11.5. The summed E-state index contributed by atoms with van der Waals surface area (Å²) < 4.78 is 5.20. The Morgan fingerprint density at radius 3 is 2.33 bits per heavy atom. The van der Waals surface area contributed by atoms with Gasteiger partial charge in [0, 0.05) is 6.07 Å². The van der Waals surface area contributed by atoms with Gasteiger partial charge in [-0.2, -0.15) is 0 Å². The summed E-state index contributed by atoms with van der Waals surface area (Å²) in [7, 11) is 1.39. The van der Waals surface area contributed by atoms with Crippen LogP contribution in [0.3, 0.4) is 0 Å². The minimum absolute atomic E-state index is 0.103. The summed E-state index contributed by atoms with van der Waals surface area (Å²) in [6.45, 7) is 1.78. The Bertz CT molecular complexity index is 808. The van der Waals surface area contributed by atoms with E-state index in [2.05, 4.69) is 10.2 Å². The average molecular weight is 284 g/mol. The zero-order valence-electron chi connectivity index (χ0n) is 11.5. The fraction of sp³-hybridized carbons (Fsp3) is 0.143. The maximum absolute atomic E-state index is 11.2. The van der Waals surface area contributed by atoms with Crippen LogP contribution >= 0.6 is 0 Å². The van der Waals surface area contributed by atoms with Crippen LogP contribution in [0, 0.1) is 17.0 Å². The molecule has 0 fully saturated rings. The normalized spacial score (nSPS) is 10.8. The van der Waals surface area contributed by atoms with Crippen LogP contribution in [0.2, 0.25) is 0 Å². The zero-order chi connectivity index (χ0) is 15.0. The highest BCUT2D eigenvalue weighted by molar-refractivity contribution is 5.74. The quantitative estimate of drug-likeness (QED) is 0.545. The maximum atomic E-state index is 11.2. The lowest BCUT2D eigenvalue weighted by molar-refractivity contribution is -0.385. The number of rotatable bonds is 3. The van der Waals surface area contributed by atoms with Crippen LogP contribution < -0.4 is 4.74 Å². The van der Waals surface area contributed by atoms with Crippen molar-refractivity contribution in [2.75, 3.05) is 7.11 Å². The first-order valence-electron chi connectivity index (χ1n) is 6.25. The lowest BCUT2D eigenvalue weighted by Crippen LogP contribution is -2.05. The molecule has 1 heterocycles. The van der Waals surface area contributed by atoms with Crippen molar-refractivity contribution in [3.05, 3.63) is 52.1 Å². The summed E-state index contributed by atoms with van der Waals surface area (Å²) in [5.74, 6) is 0.144. The van der Waals surface area contributed by atoms with E-state index in [0.29, 0.717) is 16.7 Å². The van der Waals surface area contributed by atoms with E-state index in [9.17, 15) is 10.1 Å². The molecule has 21 heavy (non-hydrogen) atoms. The Morgan fingerprint density at radius 2 is 1.81 bits per heavy atom. The molecule has 106 valence electrons. The van der Waals surface area contributed by atoms with Gasteiger partial charge in [-0.3, -0.25) is 10.1 Å². The van der Waals surface area contributed by atoms with Crippen molar-refractivity contribution < 1.29 is 9.66 Å². The number of methoxy groups -OCH3 is 1. The van der Waals surface area contributed by atoms with E-state index < -0.39 is 4.92 Å². The van der Waals surface area contributed by atoms with Gasteiger partial charge >= 0.3 is 5.69 Å². The van der Waals surface area contributed by atoms with Crippen LogP contribution in [0.5, 0.6) is 5.75 Å².